The Kier molecular flexibility index (Phi) is 6.59. The van der Waals surface area contributed by atoms with E-state index in [4.69, 9.17) is 9.47 Å². The summed E-state index contributed by atoms with van der Waals surface area (Å²) in [4.78, 5) is 11.1. The SMILES string of the molecule is CCCC(=O)OC(CC)OC(C)C. The minimum atomic E-state index is -0.376. The Morgan fingerprint density at radius 3 is 2.31 bits per heavy atom. The molecular weight excluding hydrogens is 168 g/mol. The topological polar surface area (TPSA) is 35.5 Å². The zero-order valence-electron chi connectivity index (χ0n) is 9.00. The van der Waals surface area contributed by atoms with E-state index in [-0.39, 0.29) is 18.4 Å². The average Bonchev–Trinajstić information content (AvgIpc) is 2.02. The van der Waals surface area contributed by atoms with E-state index in [0.717, 1.165) is 6.42 Å². The first kappa shape index (κ1) is 12.4. The van der Waals surface area contributed by atoms with E-state index in [2.05, 4.69) is 0 Å². The highest BCUT2D eigenvalue weighted by atomic mass is 16.7. The molecular formula is C10H20O3. The molecule has 13 heavy (non-hydrogen) atoms. The lowest BCUT2D eigenvalue weighted by Gasteiger charge is -2.18. The quantitative estimate of drug-likeness (QED) is 0.474. The summed E-state index contributed by atoms with van der Waals surface area (Å²) in [6.45, 7) is 7.74. The van der Waals surface area contributed by atoms with Crippen LogP contribution in [0.1, 0.15) is 47.0 Å². The molecule has 0 aromatic rings. The van der Waals surface area contributed by atoms with Crippen LogP contribution in [0.2, 0.25) is 0 Å². The van der Waals surface area contributed by atoms with E-state index < -0.39 is 0 Å². The predicted molar refractivity (Wildman–Crippen MR) is 51.3 cm³/mol. The van der Waals surface area contributed by atoms with E-state index in [1.807, 2.05) is 27.7 Å². The van der Waals surface area contributed by atoms with Crippen LogP contribution in [-0.2, 0) is 14.3 Å². The van der Waals surface area contributed by atoms with Crippen LogP contribution in [0, 0.1) is 0 Å². The summed E-state index contributed by atoms with van der Waals surface area (Å²) in [6.07, 6.45) is 1.71. The minimum Gasteiger partial charge on any atom is -0.436 e. The second-order valence-electron chi connectivity index (χ2n) is 3.26. The smallest absolute Gasteiger partial charge is 0.308 e. The number of ether oxygens (including phenoxy) is 2. The molecule has 0 saturated heterocycles. The Bertz CT molecular complexity index is 143. The van der Waals surface area contributed by atoms with Crippen LogP contribution >= 0.6 is 0 Å². The molecule has 0 aliphatic carbocycles. The van der Waals surface area contributed by atoms with Gasteiger partial charge in [0.1, 0.15) is 0 Å². The molecule has 0 aliphatic heterocycles. The predicted octanol–water partition coefficient (Wildman–Crippen LogP) is 2.49. The van der Waals surface area contributed by atoms with Gasteiger partial charge in [0.25, 0.3) is 0 Å². The van der Waals surface area contributed by atoms with Gasteiger partial charge in [0.2, 0.25) is 6.29 Å². The molecule has 1 unspecified atom stereocenters. The standard InChI is InChI=1S/C10H20O3/c1-5-7-9(11)13-10(6-2)12-8(3)4/h8,10H,5-7H2,1-4H3. The summed E-state index contributed by atoms with van der Waals surface area (Å²) in [7, 11) is 0. The molecule has 3 heteroatoms. The zero-order chi connectivity index (χ0) is 10.3. The van der Waals surface area contributed by atoms with Gasteiger partial charge in [-0.2, -0.15) is 0 Å². The van der Waals surface area contributed by atoms with Gasteiger partial charge in [0, 0.05) is 12.8 Å². The van der Waals surface area contributed by atoms with E-state index >= 15 is 0 Å². The number of rotatable bonds is 6. The third-order valence-corrected chi connectivity index (χ3v) is 1.47. The first-order valence-corrected chi connectivity index (χ1v) is 4.95. The van der Waals surface area contributed by atoms with Crippen molar-refractivity contribution >= 4 is 5.97 Å². The Labute approximate surface area is 80.4 Å². The number of carbonyl (C=O) groups is 1. The lowest BCUT2D eigenvalue weighted by atomic mass is 10.3. The highest BCUT2D eigenvalue weighted by molar-refractivity contribution is 5.69. The van der Waals surface area contributed by atoms with Crippen LogP contribution in [0.15, 0.2) is 0 Å². The summed E-state index contributed by atoms with van der Waals surface area (Å²) in [5, 5.41) is 0. The normalized spacial score (nSPS) is 13.0. The van der Waals surface area contributed by atoms with Crippen molar-refractivity contribution in [1.29, 1.82) is 0 Å². The van der Waals surface area contributed by atoms with Gasteiger partial charge in [0.05, 0.1) is 6.10 Å². The molecule has 0 bridgehead atoms. The molecule has 0 heterocycles. The largest absolute Gasteiger partial charge is 0.436 e. The van der Waals surface area contributed by atoms with E-state index in [1.165, 1.54) is 0 Å². The third kappa shape index (κ3) is 6.58. The molecule has 3 nitrogen and oxygen atoms in total. The summed E-state index contributed by atoms with van der Waals surface area (Å²) >= 11 is 0. The average molecular weight is 188 g/mol. The molecule has 0 spiro atoms. The van der Waals surface area contributed by atoms with Gasteiger partial charge in [0.15, 0.2) is 0 Å². The molecule has 78 valence electrons. The van der Waals surface area contributed by atoms with Crippen LogP contribution in [0.4, 0.5) is 0 Å². The lowest BCUT2D eigenvalue weighted by Crippen LogP contribution is -2.23. The zero-order valence-corrected chi connectivity index (χ0v) is 9.00. The van der Waals surface area contributed by atoms with Gasteiger partial charge < -0.3 is 9.47 Å². The first-order valence-electron chi connectivity index (χ1n) is 4.95. The second-order valence-corrected chi connectivity index (χ2v) is 3.26. The van der Waals surface area contributed by atoms with Gasteiger partial charge in [-0.3, -0.25) is 4.79 Å². The number of carbonyl (C=O) groups excluding carboxylic acids is 1. The molecule has 0 aromatic carbocycles. The summed E-state index contributed by atoms with van der Waals surface area (Å²) < 4.78 is 10.5. The van der Waals surface area contributed by atoms with Crippen LogP contribution < -0.4 is 0 Å². The van der Waals surface area contributed by atoms with E-state index in [1.54, 1.807) is 0 Å². The van der Waals surface area contributed by atoms with Crippen molar-refractivity contribution in [3.05, 3.63) is 0 Å². The molecule has 0 rings (SSSR count). The molecule has 0 N–H and O–H groups in total. The van der Waals surface area contributed by atoms with E-state index in [0.29, 0.717) is 12.8 Å². The molecule has 1 atom stereocenters. The molecule has 0 fully saturated rings. The van der Waals surface area contributed by atoms with Crippen LogP contribution in [-0.4, -0.2) is 18.4 Å². The maximum absolute atomic E-state index is 11.1. The lowest BCUT2D eigenvalue weighted by molar-refractivity contribution is -0.187. The van der Waals surface area contributed by atoms with Crippen molar-refractivity contribution in [3.63, 3.8) is 0 Å². The summed E-state index contributed by atoms with van der Waals surface area (Å²) in [5.41, 5.74) is 0. The second kappa shape index (κ2) is 6.89. The molecule has 0 amide bonds. The molecule has 0 aromatic heterocycles. The van der Waals surface area contributed by atoms with Gasteiger partial charge in [-0.25, -0.2) is 0 Å². The van der Waals surface area contributed by atoms with Gasteiger partial charge in [-0.05, 0) is 20.3 Å². The Morgan fingerprint density at radius 1 is 1.31 bits per heavy atom. The van der Waals surface area contributed by atoms with Crippen molar-refractivity contribution in [1.82, 2.24) is 0 Å². The van der Waals surface area contributed by atoms with Crippen molar-refractivity contribution in [2.75, 3.05) is 0 Å². The maximum atomic E-state index is 11.1. The van der Waals surface area contributed by atoms with Crippen molar-refractivity contribution in [2.24, 2.45) is 0 Å². The summed E-state index contributed by atoms with van der Waals surface area (Å²) in [5.74, 6) is -0.171. The van der Waals surface area contributed by atoms with Crippen LogP contribution in [0.5, 0.6) is 0 Å². The van der Waals surface area contributed by atoms with Gasteiger partial charge in [-0.15, -0.1) is 0 Å². The fraction of sp³-hybridized carbons (Fsp3) is 0.900. The molecule has 0 radical (unpaired) electrons. The van der Waals surface area contributed by atoms with Crippen LogP contribution in [0.3, 0.4) is 0 Å². The minimum absolute atomic E-state index is 0.0966. The van der Waals surface area contributed by atoms with Crippen LogP contribution in [0.25, 0.3) is 0 Å². The third-order valence-electron chi connectivity index (χ3n) is 1.47. The Morgan fingerprint density at radius 2 is 1.92 bits per heavy atom. The van der Waals surface area contributed by atoms with Gasteiger partial charge in [-0.1, -0.05) is 13.8 Å². The van der Waals surface area contributed by atoms with Crippen molar-refractivity contribution < 1.29 is 14.3 Å². The molecule has 0 aliphatic rings. The highest BCUT2D eigenvalue weighted by Gasteiger charge is 2.13. The number of hydrogen-bond donors (Lipinski definition) is 0. The van der Waals surface area contributed by atoms with Gasteiger partial charge >= 0.3 is 5.97 Å². The van der Waals surface area contributed by atoms with Crippen molar-refractivity contribution in [3.8, 4) is 0 Å². The molecule has 0 saturated carbocycles. The number of esters is 1. The first-order chi connectivity index (χ1) is 6.10. The Balaban J connectivity index is 3.76. The maximum Gasteiger partial charge on any atom is 0.308 e. The highest BCUT2D eigenvalue weighted by Crippen LogP contribution is 2.06. The fourth-order valence-corrected chi connectivity index (χ4v) is 0.921. The monoisotopic (exact) mass is 188 g/mol. The number of hydrogen-bond acceptors (Lipinski definition) is 3. The summed E-state index contributed by atoms with van der Waals surface area (Å²) in [6, 6.07) is 0. The Hall–Kier alpha value is -0.570. The fourth-order valence-electron chi connectivity index (χ4n) is 0.921. The van der Waals surface area contributed by atoms with Crippen molar-refractivity contribution in [2.45, 2.75) is 59.4 Å². The van der Waals surface area contributed by atoms with E-state index in [9.17, 15) is 4.79 Å².